The van der Waals surface area contributed by atoms with Crippen LogP contribution in [0, 0.1) is 6.92 Å². The summed E-state index contributed by atoms with van der Waals surface area (Å²) >= 11 is 0. The summed E-state index contributed by atoms with van der Waals surface area (Å²) in [7, 11) is 0. The van der Waals surface area contributed by atoms with E-state index in [-0.39, 0.29) is 0 Å². The zero-order valence-electron chi connectivity index (χ0n) is 9.33. The predicted molar refractivity (Wildman–Crippen MR) is 65.4 cm³/mol. The molecule has 0 atom stereocenters. The highest BCUT2D eigenvalue weighted by atomic mass is 15.3. The molecule has 84 valence electrons. The van der Waals surface area contributed by atoms with E-state index >= 15 is 0 Å². The van der Waals surface area contributed by atoms with Crippen LogP contribution in [-0.4, -0.2) is 19.6 Å². The number of nitrogens with two attached hydrogens (primary N) is 1. The SMILES string of the molecule is Cc1ccc(N)c2nc(-c3ccccn3)nn12. The van der Waals surface area contributed by atoms with Crippen LogP contribution in [0.3, 0.4) is 0 Å². The molecule has 5 heteroatoms. The Bertz CT molecular complexity index is 633. The number of pyridine rings is 2. The fraction of sp³-hybridized carbons (Fsp3) is 0.0833. The second kappa shape index (κ2) is 3.55. The summed E-state index contributed by atoms with van der Waals surface area (Å²) < 4.78 is 1.74. The van der Waals surface area contributed by atoms with Crippen molar-refractivity contribution >= 4 is 11.3 Å². The van der Waals surface area contributed by atoms with Crippen molar-refractivity contribution in [3.05, 3.63) is 42.2 Å². The Morgan fingerprint density at radius 2 is 2.06 bits per heavy atom. The summed E-state index contributed by atoms with van der Waals surface area (Å²) in [6.07, 6.45) is 1.72. The number of nitrogens with zero attached hydrogens (tertiary/aromatic N) is 4. The normalized spacial score (nSPS) is 10.9. The van der Waals surface area contributed by atoms with Crippen LogP contribution in [0.25, 0.3) is 17.2 Å². The monoisotopic (exact) mass is 225 g/mol. The Labute approximate surface area is 97.9 Å². The molecule has 3 rings (SSSR count). The fourth-order valence-electron chi connectivity index (χ4n) is 1.70. The number of nitrogen functional groups attached to an aromatic ring is 1. The Morgan fingerprint density at radius 3 is 2.76 bits per heavy atom. The van der Waals surface area contributed by atoms with Gasteiger partial charge in [-0.25, -0.2) is 9.50 Å². The van der Waals surface area contributed by atoms with Gasteiger partial charge in [0.05, 0.1) is 5.69 Å². The Kier molecular flexibility index (Phi) is 2.04. The van der Waals surface area contributed by atoms with Crippen molar-refractivity contribution in [2.24, 2.45) is 0 Å². The maximum atomic E-state index is 5.87. The van der Waals surface area contributed by atoms with Crippen LogP contribution in [0.15, 0.2) is 36.5 Å². The van der Waals surface area contributed by atoms with Gasteiger partial charge in [0.1, 0.15) is 5.69 Å². The summed E-state index contributed by atoms with van der Waals surface area (Å²) in [4.78, 5) is 8.63. The van der Waals surface area contributed by atoms with Crippen LogP contribution in [0.5, 0.6) is 0 Å². The van der Waals surface area contributed by atoms with E-state index in [9.17, 15) is 0 Å². The highest BCUT2D eigenvalue weighted by molar-refractivity contribution is 5.67. The summed E-state index contributed by atoms with van der Waals surface area (Å²) in [5.74, 6) is 0.589. The van der Waals surface area contributed by atoms with E-state index in [0.29, 0.717) is 17.2 Å². The Hall–Kier alpha value is -2.43. The smallest absolute Gasteiger partial charge is 0.200 e. The summed E-state index contributed by atoms with van der Waals surface area (Å²) in [5.41, 5.74) is 8.90. The topological polar surface area (TPSA) is 69.1 Å². The van der Waals surface area contributed by atoms with Crippen LogP contribution >= 0.6 is 0 Å². The third kappa shape index (κ3) is 1.52. The van der Waals surface area contributed by atoms with Crippen LogP contribution in [0.1, 0.15) is 5.69 Å². The molecule has 0 aliphatic rings. The average molecular weight is 225 g/mol. The fourth-order valence-corrected chi connectivity index (χ4v) is 1.70. The minimum Gasteiger partial charge on any atom is -0.396 e. The molecule has 0 aliphatic carbocycles. The first-order valence-corrected chi connectivity index (χ1v) is 5.29. The van der Waals surface area contributed by atoms with Crippen molar-refractivity contribution < 1.29 is 0 Å². The van der Waals surface area contributed by atoms with Crippen LogP contribution < -0.4 is 5.73 Å². The maximum Gasteiger partial charge on any atom is 0.200 e. The first kappa shape index (κ1) is 9.77. The van der Waals surface area contributed by atoms with Gasteiger partial charge >= 0.3 is 0 Å². The lowest BCUT2D eigenvalue weighted by Gasteiger charge is -1.98. The lowest BCUT2D eigenvalue weighted by molar-refractivity contribution is 0.917. The van der Waals surface area contributed by atoms with Crippen molar-refractivity contribution in [2.75, 3.05) is 5.73 Å². The zero-order valence-corrected chi connectivity index (χ0v) is 9.33. The van der Waals surface area contributed by atoms with E-state index in [1.54, 1.807) is 10.7 Å². The van der Waals surface area contributed by atoms with E-state index in [4.69, 9.17) is 5.73 Å². The van der Waals surface area contributed by atoms with E-state index in [1.165, 1.54) is 0 Å². The lowest BCUT2D eigenvalue weighted by atomic mass is 10.3. The van der Waals surface area contributed by atoms with Gasteiger partial charge in [-0.3, -0.25) is 4.98 Å². The number of aryl methyl sites for hydroxylation is 1. The van der Waals surface area contributed by atoms with Gasteiger partial charge in [0.15, 0.2) is 5.65 Å². The minimum absolute atomic E-state index is 0.589. The van der Waals surface area contributed by atoms with E-state index in [2.05, 4.69) is 15.1 Å². The molecule has 3 aromatic heterocycles. The van der Waals surface area contributed by atoms with Gasteiger partial charge in [-0.05, 0) is 31.2 Å². The number of hydrogen-bond donors (Lipinski definition) is 1. The molecule has 0 spiro atoms. The third-order valence-electron chi connectivity index (χ3n) is 2.60. The second-order valence-corrected chi connectivity index (χ2v) is 3.82. The minimum atomic E-state index is 0.589. The number of rotatable bonds is 1. The molecule has 0 aliphatic heterocycles. The van der Waals surface area contributed by atoms with Gasteiger partial charge in [-0.2, -0.15) is 0 Å². The average Bonchev–Trinajstić information content (AvgIpc) is 2.81. The predicted octanol–water partition coefficient (Wildman–Crippen LogP) is 1.68. The molecule has 0 saturated heterocycles. The largest absolute Gasteiger partial charge is 0.396 e. The molecular formula is C12H11N5. The van der Waals surface area contributed by atoms with Gasteiger partial charge in [-0.15, -0.1) is 5.10 Å². The van der Waals surface area contributed by atoms with Crippen LogP contribution in [-0.2, 0) is 0 Å². The summed E-state index contributed by atoms with van der Waals surface area (Å²) in [5, 5.41) is 4.41. The molecule has 0 bridgehead atoms. The second-order valence-electron chi connectivity index (χ2n) is 3.82. The molecule has 3 heterocycles. The van der Waals surface area contributed by atoms with Gasteiger partial charge in [0.25, 0.3) is 0 Å². The third-order valence-corrected chi connectivity index (χ3v) is 2.60. The quantitative estimate of drug-likeness (QED) is 0.684. The summed E-state index contributed by atoms with van der Waals surface area (Å²) in [6, 6.07) is 9.39. The van der Waals surface area contributed by atoms with Gasteiger partial charge in [0.2, 0.25) is 5.82 Å². The van der Waals surface area contributed by atoms with Crippen molar-refractivity contribution in [1.29, 1.82) is 0 Å². The van der Waals surface area contributed by atoms with Crippen molar-refractivity contribution in [3.63, 3.8) is 0 Å². The molecule has 0 radical (unpaired) electrons. The standard InChI is InChI=1S/C12H11N5/c1-8-5-6-9(13)12-15-11(16-17(8)12)10-4-2-3-7-14-10/h2-7H,13H2,1H3. The Balaban J connectivity index is 2.27. The molecule has 2 N–H and O–H groups in total. The number of fused-ring (bicyclic) bond motifs is 1. The molecule has 0 unspecified atom stereocenters. The molecule has 3 aromatic rings. The molecule has 5 nitrogen and oxygen atoms in total. The van der Waals surface area contributed by atoms with Gasteiger partial charge in [0, 0.05) is 11.9 Å². The molecule has 0 saturated carbocycles. The Morgan fingerprint density at radius 1 is 1.18 bits per heavy atom. The number of hydrogen-bond acceptors (Lipinski definition) is 4. The highest BCUT2D eigenvalue weighted by Gasteiger charge is 2.10. The first-order valence-electron chi connectivity index (χ1n) is 5.29. The highest BCUT2D eigenvalue weighted by Crippen LogP contribution is 2.18. The lowest BCUT2D eigenvalue weighted by Crippen LogP contribution is -1.97. The van der Waals surface area contributed by atoms with E-state index < -0.39 is 0 Å². The molecule has 17 heavy (non-hydrogen) atoms. The van der Waals surface area contributed by atoms with Crippen molar-refractivity contribution in [2.45, 2.75) is 6.92 Å². The van der Waals surface area contributed by atoms with Gasteiger partial charge in [-0.1, -0.05) is 6.07 Å². The molecular weight excluding hydrogens is 214 g/mol. The van der Waals surface area contributed by atoms with Crippen LogP contribution in [0.2, 0.25) is 0 Å². The van der Waals surface area contributed by atoms with Crippen LogP contribution in [0.4, 0.5) is 5.69 Å². The summed E-state index contributed by atoms with van der Waals surface area (Å²) in [6.45, 7) is 1.96. The molecule has 0 aromatic carbocycles. The molecule has 0 fully saturated rings. The van der Waals surface area contributed by atoms with Gasteiger partial charge < -0.3 is 5.73 Å². The molecule has 0 amide bonds. The number of aromatic nitrogens is 4. The first-order chi connectivity index (χ1) is 8.25. The zero-order chi connectivity index (χ0) is 11.8. The number of anilines is 1. The van der Waals surface area contributed by atoms with Crippen molar-refractivity contribution in [1.82, 2.24) is 19.6 Å². The van der Waals surface area contributed by atoms with E-state index in [1.807, 2.05) is 37.3 Å². The van der Waals surface area contributed by atoms with E-state index in [0.717, 1.165) is 11.4 Å². The van der Waals surface area contributed by atoms with Crippen molar-refractivity contribution in [3.8, 4) is 11.5 Å². The maximum absolute atomic E-state index is 5.87.